The van der Waals surface area contributed by atoms with Crippen molar-refractivity contribution in [3.8, 4) is 0 Å². The van der Waals surface area contributed by atoms with E-state index in [4.69, 9.17) is 0 Å². The standard InChI is InChI=1S/C11H13F3N2O2S2/c12-11(13,14)19-4-3-16-20(17,18)10-2-1-8-6-15-7-9(8)5-10/h1-2,5,15-16H,3-4,6-7H2. The van der Waals surface area contributed by atoms with Gasteiger partial charge in [-0.2, -0.15) is 13.2 Å². The van der Waals surface area contributed by atoms with Crippen LogP contribution in [0.25, 0.3) is 0 Å². The molecule has 0 aliphatic carbocycles. The van der Waals surface area contributed by atoms with Crippen LogP contribution in [-0.2, 0) is 23.1 Å². The minimum atomic E-state index is -4.34. The van der Waals surface area contributed by atoms with E-state index < -0.39 is 15.5 Å². The van der Waals surface area contributed by atoms with Gasteiger partial charge in [-0.25, -0.2) is 13.1 Å². The van der Waals surface area contributed by atoms with Gasteiger partial charge in [0.05, 0.1) is 4.90 Å². The van der Waals surface area contributed by atoms with Gasteiger partial charge in [0.2, 0.25) is 10.0 Å². The molecule has 0 unspecified atom stereocenters. The zero-order valence-corrected chi connectivity index (χ0v) is 12.0. The molecule has 2 N–H and O–H groups in total. The van der Waals surface area contributed by atoms with Gasteiger partial charge in [-0.3, -0.25) is 0 Å². The highest BCUT2D eigenvalue weighted by Gasteiger charge is 2.27. The maximum absolute atomic E-state index is 11.9. The Hall–Kier alpha value is -0.770. The van der Waals surface area contributed by atoms with E-state index in [1.165, 1.54) is 6.07 Å². The second-order valence-corrected chi connectivity index (χ2v) is 7.15. The van der Waals surface area contributed by atoms with Crippen LogP contribution in [0.2, 0.25) is 0 Å². The summed E-state index contributed by atoms with van der Waals surface area (Å²) in [5.74, 6) is -0.352. The molecule has 1 aliphatic rings. The lowest BCUT2D eigenvalue weighted by molar-refractivity contribution is -0.0327. The van der Waals surface area contributed by atoms with Gasteiger partial charge in [0.15, 0.2) is 0 Å². The Labute approximate surface area is 119 Å². The molecule has 112 valence electrons. The quantitative estimate of drug-likeness (QED) is 0.811. The number of thioether (sulfide) groups is 1. The molecule has 2 rings (SSSR count). The van der Waals surface area contributed by atoms with E-state index in [2.05, 4.69) is 10.0 Å². The molecule has 0 fully saturated rings. The van der Waals surface area contributed by atoms with Gasteiger partial charge in [0.1, 0.15) is 0 Å². The molecule has 0 saturated carbocycles. The smallest absolute Gasteiger partial charge is 0.309 e. The first kappa shape index (κ1) is 15.6. The summed E-state index contributed by atoms with van der Waals surface area (Å²) >= 11 is -0.247. The maximum atomic E-state index is 11.9. The Morgan fingerprint density at radius 2 is 1.95 bits per heavy atom. The molecule has 0 atom stereocenters. The number of nitrogens with one attached hydrogen (secondary N) is 2. The van der Waals surface area contributed by atoms with Crippen LogP contribution in [0.1, 0.15) is 11.1 Å². The first-order valence-electron chi connectivity index (χ1n) is 5.81. The van der Waals surface area contributed by atoms with Crippen molar-refractivity contribution >= 4 is 21.8 Å². The second-order valence-electron chi connectivity index (χ2n) is 4.23. The number of rotatable bonds is 5. The van der Waals surface area contributed by atoms with Crippen LogP contribution in [0.4, 0.5) is 13.2 Å². The zero-order valence-electron chi connectivity index (χ0n) is 10.3. The van der Waals surface area contributed by atoms with Gasteiger partial charge in [-0.1, -0.05) is 6.07 Å². The Bertz CT molecular complexity index is 588. The van der Waals surface area contributed by atoms with E-state index >= 15 is 0 Å². The zero-order chi connectivity index (χ0) is 14.8. The first-order chi connectivity index (χ1) is 9.28. The topological polar surface area (TPSA) is 58.2 Å². The fourth-order valence-corrected chi connectivity index (χ4v) is 3.51. The summed E-state index contributed by atoms with van der Waals surface area (Å²) in [4.78, 5) is 0.0805. The number of sulfonamides is 1. The van der Waals surface area contributed by atoms with Gasteiger partial charge in [-0.15, -0.1) is 0 Å². The van der Waals surface area contributed by atoms with Crippen LogP contribution in [0.15, 0.2) is 23.1 Å². The number of hydrogen-bond acceptors (Lipinski definition) is 4. The summed E-state index contributed by atoms with van der Waals surface area (Å²) in [6.07, 6.45) is 0. The largest absolute Gasteiger partial charge is 0.441 e. The lowest BCUT2D eigenvalue weighted by Gasteiger charge is -2.09. The summed E-state index contributed by atoms with van der Waals surface area (Å²) in [7, 11) is -3.76. The molecule has 0 radical (unpaired) electrons. The normalized spacial score (nSPS) is 15.3. The van der Waals surface area contributed by atoms with Gasteiger partial charge >= 0.3 is 5.51 Å². The van der Waals surface area contributed by atoms with Crippen molar-refractivity contribution in [1.29, 1.82) is 0 Å². The van der Waals surface area contributed by atoms with Crippen molar-refractivity contribution < 1.29 is 21.6 Å². The van der Waals surface area contributed by atoms with E-state index in [1.54, 1.807) is 12.1 Å². The van der Waals surface area contributed by atoms with Gasteiger partial charge in [-0.05, 0) is 35.0 Å². The highest BCUT2D eigenvalue weighted by Crippen LogP contribution is 2.29. The Morgan fingerprint density at radius 1 is 1.25 bits per heavy atom. The molecule has 1 aromatic rings. The number of benzene rings is 1. The summed E-state index contributed by atoms with van der Waals surface area (Å²) in [6, 6.07) is 4.73. The minimum absolute atomic E-state index is 0.0805. The van der Waals surface area contributed by atoms with Crippen molar-refractivity contribution in [2.45, 2.75) is 23.5 Å². The van der Waals surface area contributed by atoms with Crippen LogP contribution in [0.3, 0.4) is 0 Å². The summed E-state index contributed by atoms with van der Waals surface area (Å²) in [6.45, 7) is 1.04. The van der Waals surface area contributed by atoms with Crippen molar-refractivity contribution in [2.24, 2.45) is 0 Å². The molecule has 0 aromatic heterocycles. The van der Waals surface area contributed by atoms with Crippen LogP contribution >= 0.6 is 11.8 Å². The third-order valence-electron chi connectivity index (χ3n) is 2.78. The first-order valence-corrected chi connectivity index (χ1v) is 8.28. The van der Waals surface area contributed by atoms with E-state index in [1.807, 2.05) is 0 Å². The van der Waals surface area contributed by atoms with E-state index in [0.717, 1.165) is 11.1 Å². The van der Waals surface area contributed by atoms with E-state index in [-0.39, 0.29) is 29.0 Å². The lowest BCUT2D eigenvalue weighted by Crippen LogP contribution is -2.26. The fourth-order valence-electron chi connectivity index (χ4n) is 1.86. The Balaban J connectivity index is 1.97. The SMILES string of the molecule is O=S(=O)(NCCSC(F)(F)F)c1ccc2c(c1)CNC2. The number of fused-ring (bicyclic) bond motifs is 1. The van der Waals surface area contributed by atoms with Crippen molar-refractivity contribution in [1.82, 2.24) is 10.0 Å². The van der Waals surface area contributed by atoms with E-state index in [9.17, 15) is 21.6 Å². The molecule has 1 aliphatic heterocycles. The van der Waals surface area contributed by atoms with Crippen LogP contribution in [0, 0.1) is 0 Å². The van der Waals surface area contributed by atoms with Crippen LogP contribution < -0.4 is 10.0 Å². The van der Waals surface area contributed by atoms with E-state index in [0.29, 0.717) is 13.1 Å². The monoisotopic (exact) mass is 326 g/mol. The lowest BCUT2D eigenvalue weighted by atomic mass is 10.1. The van der Waals surface area contributed by atoms with Crippen LogP contribution in [0.5, 0.6) is 0 Å². The predicted octanol–water partition coefficient (Wildman–Crippen LogP) is 1.82. The van der Waals surface area contributed by atoms with Crippen LogP contribution in [-0.4, -0.2) is 26.2 Å². The summed E-state index contributed by atoms with van der Waals surface area (Å²) in [5, 5.41) is 3.09. The third kappa shape index (κ3) is 4.11. The summed E-state index contributed by atoms with van der Waals surface area (Å²) < 4.78 is 61.8. The predicted molar refractivity (Wildman–Crippen MR) is 70.7 cm³/mol. The molecular weight excluding hydrogens is 313 g/mol. The molecule has 0 saturated heterocycles. The van der Waals surface area contributed by atoms with Crippen molar-refractivity contribution in [3.05, 3.63) is 29.3 Å². The second kappa shape index (κ2) is 5.92. The highest BCUT2D eigenvalue weighted by atomic mass is 32.2. The molecule has 0 spiro atoms. The third-order valence-corrected chi connectivity index (χ3v) is 4.97. The molecule has 9 heteroatoms. The molecule has 1 heterocycles. The molecular formula is C11H13F3N2O2S2. The molecule has 4 nitrogen and oxygen atoms in total. The van der Waals surface area contributed by atoms with Crippen molar-refractivity contribution in [3.63, 3.8) is 0 Å². The minimum Gasteiger partial charge on any atom is -0.309 e. The Morgan fingerprint density at radius 3 is 2.65 bits per heavy atom. The molecule has 0 bridgehead atoms. The summed E-state index contributed by atoms with van der Waals surface area (Å²) in [5.41, 5.74) is -2.40. The van der Waals surface area contributed by atoms with Crippen molar-refractivity contribution in [2.75, 3.05) is 12.3 Å². The molecule has 20 heavy (non-hydrogen) atoms. The van der Waals surface area contributed by atoms with Gasteiger partial charge in [0.25, 0.3) is 0 Å². The number of alkyl halides is 3. The van der Waals surface area contributed by atoms with Gasteiger partial charge < -0.3 is 5.32 Å². The van der Waals surface area contributed by atoms with Gasteiger partial charge in [0, 0.05) is 25.4 Å². The fraction of sp³-hybridized carbons (Fsp3) is 0.455. The Kier molecular flexibility index (Phi) is 4.62. The average Bonchev–Trinajstić information content (AvgIpc) is 2.80. The highest BCUT2D eigenvalue weighted by molar-refractivity contribution is 8.00. The average molecular weight is 326 g/mol. The number of halogens is 3. The maximum Gasteiger partial charge on any atom is 0.441 e. The molecule has 0 amide bonds. The molecule has 1 aromatic carbocycles. The number of hydrogen-bond donors (Lipinski definition) is 2.